The number of H-pyrrole nitrogens is 1. The molecule has 0 bridgehead atoms. The highest BCUT2D eigenvalue weighted by Crippen LogP contribution is 2.32. The van der Waals surface area contributed by atoms with Gasteiger partial charge in [0.05, 0.1) is 16.8 Å². The Morgan fingerprint density at radius 3 is 2.76 bits per heavy atom. The average molecular weight is 280 g/mol. The van der Waals surface area contributed by atoms with E-state index in [0.29, 0.717) is 0 Å². The van der Waals surface area contributed by atoms with Crippen molar-refractivity contribution in [2.75, 3.05) is 0 Å². The lowest BCUT2D eigenvalue weighted by Crippen LogP contribution is -1.92. The summed E-state index contributed by atoms with van der Waals surface area (Å²) in [6, 6.07) is 8.51. The van der Waals surface area contributed by atoms with Crippen molar-refractivity contribution in [2.24, 2.45) is 0 Å². The summed E-state index contributed by atoms with van der Waals surface area (Å²) >= 11 is 0. The number of nitro groups is 1. The first-order valence-electron chi connectivity index (χ1n) is 6.36. The number of hydrogen-bond donors (Lipinski definition) is 1. The van der Waals surface area contributed by atoms with E-state index in [1.54, 1.807) is 30.7 Å². The van der Waals surface area contributed by atoms with Crippen LogP contribution in [0.25, 0.3) is 22.4 Å². The number of rotatable bonds is 3. The lowest BCUT2D eigenvalue weighted by molar-refractivity contribution is -0.384. The van der Waals surface area contributed by atoms with Crippen LogP contribution in [0.4, 0.5) is 5.69 Å². The van der Waals surface area contributed by atoms with Crippen molar-refractivity contribution >= 4 is 5.69 Å². The first kappa shape index (κ1) is 13.0. The van der Waals surface area contributed by atoms with Gasteiger partial charge < -0.3 is 0 Å². The summed E-state index contributed by atoms with van der Waals surface area (Å²) in [4.78, 5) is 15.0. The maximum absolute atomic E-state index is 10.9. The molecule has 3 rings (SSSR count). The Labute approximate surface area is 120 Å². The molecule has 2 aromatic heterocycles. The molecule has 0 radical (unpaired) electrons. The zero-order valence-corrected chi connectivity index (χ0v) is 11.3. The molecule has 0 aliphatic rings. The highest BCUT2D eigenvalue weighted by Gasteiger charge is 2.13. The Kier molecular flexibility index (Phi) is 3.19. The molecule has 0 amide bonds. The minimum atomic E-state index is -0.399. The predicted molar refractivity (Wildman–Crippen MR) is 78.6 cm³/mol. The maximum atomic E-state index is 10.9. The van der Waals surface area contributed by atoms with Gasteiger partial charge in [-0.25, -0.2) is 0 Å². The monoisotopic (exact) mass is 280 g/mol. The molecular weight excluding hydrogens is 268 g/mol. The lowest BCUT2D eigenvalue weighted by atomic mass is 9.99. The molecule has 0 spiro atoms. The molecule has 6 nitrogen and oxygen atoms in total. The van der Waals surface area contributed by atoms with E-state index >= 15 is 0 Å². The Morgan fingerprint density at radius 1 is 1.19 bits per heavy atom. The quantitative estimate of drug-likeness (QED) is 0.589. The van der Waals surface area contributed by atoms with Gasteiger partial charge in [-0.05, 0) is 24.1 Å². The summed E-state index contributed by atoms with van der Waals surface area (Å²) in [5.41, 5.74) is 4.25. The van der Waals surface area contributed by atoms with Crippen molar-refractivity contribution in [3.63, 3.8) is 0 Å². The third kappa shape index (κ3) is 2.51. The van der Waals surface area contributed by atoms with Crippen LogP contribution < -0.4 is 0 Å². The van der Waals surface area contributed by atoms with Crippen molar-refractivity contribution < 1.29 is 4.92 Å². The SMILES string of the molecule is Cc1cnc(-c2cn[nH]c2)c(-c2cccc([N+](=O)[O-])c2)c1. The predicted octanol–water partition coefficient (Wildman–Crippen LogP) is 3.36. The number of aryl methyl sites for hydroxylation is 1. The summed E-state index contributed by atoms with van der Waals surface area (Å²) in [5.74, 6) is 0. The number of pyridine rings is 1. The topological polar surface area (TPSA) is 84.7 Å². The smallest absolute Gasteiger partial charge is 0.270 e. The van der Waals surface area contributed by atoms with Gasteiger partial charge in [0.1, 0.15) is 0 Å². The van der Waals surface area contributed by atoms with Crippen molar-refractivity contribution in [3.05, 3.63) is 64.6 Å². The molecule has 0 aliphatic heterocycles. The normalized spacial score (nSPS) is 10.5. The highest BCUT2D eigenvalue weighted by atomic mass is 16.6. The fourth-order valence-corrected chi connectivity index (χ4v) is 2.19. The molecule has 104 valence electrons. The largest absolute Gasteiger partial charge is 0.285 e. The molecule has 0 saturated heterocycles. The third-order valence-electron chi connectivity index (χ3n) is 3.16. The van der Waals surface area contributed by atoms with Crippen LogP contribution in [0.15, 0.2) is 48.9 Å². The fourth-order valence-electron chi connectivity index (χ4n) is 2.19. The van der Waals surface area contributed by atoms with Crippen LogP contribution >= 0.6 is 0 Å². The van der Waals surface area contributed by atoms with Gasteiger partial charge in [-0.15, -0.1) is 0 Å². The Bertz CT molecular complexity index is 797. The van der Waals surface area contributed by atoms with Crippen LogP contribution in [-0.2, 0) is 0 Å². The van der Waals surface area contributed by atoms with E-state index in [2.05, 4.69) is 15.2 Å². The molecule has 0 saturated carbocycles. The van der Waals surface area contributed by atoms with E-state index in [0.717, 1.165) is 27.9 Å². The van der Waals surface area contributed by atoms with E-state index in [1.165, 1.54) is 6.07 Å². The van der Waals surface area contributed by atoms with Gasteiger partial charge in [0.2, 0.25) is 0 Å². The minimum absolute atomic E-state index is 0.0622. The zero-order valence-electron chi connectivity index (χ0n) is 11.3. The Balaban J connectivity index is 2.20. The summed E-state index contributed by atoms with van der Waals surface area (Å²) in [6.07, 6.45) is 5.19. The van der Waals surface area contributed by atoms with Crippen LogP contribution in [0.5, 0.6) is 0 Å². The van der Waals surface area contributed by atoms with E-state index in [9.17, 15) is 10.1 Å². The second-order valence-electron chi connectivity index (χ2n) is 4.70. The summed E-state index contributed by atoms with van der Waals surface area (Å²) < 4.78 is 0. The van der Waals surface area contributed by atoms with Crippen molar-refractivity contribution in [3.8, 4) is 22.4 Å². The van der Waals surface area contributed by atoms with Gasteiger partial charge >= 0.3 is 0 Å². The molecule has 1 N–H and O–H groups in total. The van der Waals surface area contributed by atoms with E-state index < -0.39 is 4.92 Å². The molecule has 2 heterocycles. The number of benzene rings is 1. The lowest BCUT2D eigenvalue weighted by Gasteiger charge is -2.08. The van der Waals surface area contributed by atoms with Gasteiger partial charge in [0, 0.05) is 35.7 Å². The highest BCUT2D eigenvalue weighted by molar-refractivity contribution is 5.81. The molecule has 6 heteroatoms. The number of nitrogens with one attached hydrogen (secondary N) is 1. The third-order valence-corrected chi connectivity index (χ3v) is 3.16. The zero-order chi connectivity index (χ0) is 14.8. The molecule has 0 atom stereocenters. The number of aromatic nitrogens is 3. The standard InChI is InChI=1S/C15H12N4O2/c1-10-5-14(11-3-2-4-13(6-11)19(20)21)15(16-7-10)12-8-17-18-9-12/h2-9H,1H3,(H,17,18). The molecule has 0 unspecified atom stereocenters. The first-order chi connectivity index (χ1) is 10.1. The second kappa shape index (κ2) is 5.16. The van der Waals surface area contributed by atoms with E-state index in [-0.39, 0.29) is 5.69 Å². The van der Waals surface area contributed by atoms with E-state index in [4.69, 9.17) is 0 Å². The van der Waals surface area contributed by atoms with Crippen LogP contribution in [0.1, 0.15) is 5.56 Å². The number of hydrogen-bond acceptors (Lipinski definition) is 4. The summed E-state index contributed by atoms with van der Waals surface area (Å²) in [6.45, 7) is 1.94. The second-order valence-corrected chi connectivity index (χ2v) is 4.70. The number of nitro benzene ring substituents is 1. The van der Waals surface area contributed by atoms with Crippen molar-refractivity contribution in [2.45, 2.75) is 6.92 Å². The molecule has 3 aromatic rings. The van der Waals surface area contributed by atoms with Gasteiger partial charge in [0.25, 0.3) is 5.69 Å². The summed E-state index contributed by atoms with van der Waals surface area (Å²) in [7, 11) is 0. The maximum Gasteiger partial charge on any atom is 0.270 e. The van der Waals surface area contributed by atoms with Gasteiger partial charge in [-0.2, -0.15) is 5.10 Å². The molecule has 0 aliphatic carbocycles. The molecule has 21 heavy (non-hydrogen) atoms. The summed E-state index contributed by atoms with van der Waals surface area (Å²) in [5, 5.41) is 17.6. The Hall–Kier alpha value is -3.02. The van der Waals surface area contributed by atoms with Gasteiger partial charge in [0.15, 0.2) is 0 Å². The molecular formula is C15H12N4O2. The van der Waals surface area contributed by atoms with Gasteiger partial charge in [-0.1, -0.05) is 12.1 Å². The first-order valence-corrected chi connectivity index (χ1v) is 6.36. The van der Waals surface area contributed by atoms with E-state index in [1.807, 2.05) is 19.1 Å². The Morgan fingerprint density at radius 2 is 2.05 bits per heavy atom. The van der Waals surface area contributed by atoms with Crippen molar-refractivity contribution in [1.82, 2.24) is 15.2 Å². The number of aromatic amines is 1. The fraction of sp³-hybridized carbons (Fsp3) is 0.0667. The van der Waals surface area contributed by atoms with Crippen LogP contribution in [-0.4, -0.2) is 20.1 Å². The van der Waals surface area contributed by atoms with Crippen LogP contribution in [0, 0.1) is 17.0 Å². The number of nitrogens with zero attached hydrogens (tertiary/aromatic N) is 3. The van der Waals surface area contributed by atoms with Crippen LogP contribution in [0.2, 0.25) is 0 Å². The van der Waals surface area contributed by atoms with Crippen molar-refractivity contribution in [1.29, 1.82) is 0 Å². The van der Waals surface area contributed by atoms with Gasteiger partial charge in [-0.3, -0.25) is 20.2 Å². The molecule has 1 aromatic carbocycles. The number of non-ortho nitro benzene ring substituents is 1. The average Bonchev–Trinajstić information content (AvgIpc) is 3.01. The van der Waals surface area contributed by atoms with Crippen LogP contribution in [0.3, 0.4) is 0 Å². The minimum Gasteiger partial charge on any atom is -0.285 e. The molecule has 0 fully saturated rings.